The molecule has 1 aromatic heterocycles. The van der Waals surface area contributed by atoms with Gasteiger partial charge < -0.3 is 9.80 Å². The topological polar surface area (TPSA) is 39.7 Å². The average Bonchev–Trinajstić information content (AvgIpc) is 3.21. The van der Waals surface area contributed by atoms with Gasteiger partial charge in [0.15, 0.2) is 0 Å². The molecule has 0 bridgehead atoms. The smallest absolute Gasteiger partial charge is 0.273 e. The van der Waals surface area contributed by atoms with Crippen molar-refractivity contribution >= 4 is 22.9 Å². The summed E-state index contributed by atoms with van der Waals surface area (Å²) in [5, 5.41) is 1.84. The van der Waals surface area contributed by atoms with Crippen molar-refractivity contribution in [1.82, 2.24) is 14.8 Å². The van der Waals surface area contributed by atoms with Crippen molar-refractivity contribution in [2.45, 2.75) is 12.6 Å². The average molecular weight is 342 g/mol. The predicted octanol–water partition coefficient (Wildman–Crippen LogP) is 2.17. The van der Waals surface area contributed by atoms with Crippen LogP contribution in [0.4, 0.5) is 5.69 Å². The number of anilines is 1. The summed E-state index contributed by atoms with van der Waals surface area (Å²) in [5.41, 5.74) is 4.87. The highest BCUT2D eigenvalue weighted by atomic mass is 32.1. The van der Waals surface area contributed by atoms with E-state index in [1.807, 2.05) is 10.3 Å². The van der Waals surface area contributed by atoms with Crippen LogP contribution in [-0.4, -0.2) is 60.5 Å². The summed E-state index contributed by atoms with van der Waals surface area (Å²) < 4.78 is 0. The molecule has 2 unspecified atom stereocenters. The molecule has 126 valence electrons. The number of likely N-dealkylation sites (tertiary alicyclic amines) is 2. The Labute approximate surface area is 146 Å². The molecule has 4 rings (SSSR count). The fraction of sp³-hybridized carbons (Fsp3) is 0.444. The van der Waals surface area contributed by atoms with Gasteiger partial charge in [-0.3, -0.25) is 9.69 Å². The summed E-state index contributed by atoms with van der Waals surface area (Å²) in [5.74, 6) is 0.703. The molecule has 0 saturated carbocycles. The zero-order valence-corrected chi connectivity index (χ0v) is 14.9. The molecule has 2 aliphatic heterocycles. The molecule has 2 aliphatic rings. The highest BCUT2D eigenvalue weighted by molar-refractivity contribution is 7.07. The minimum atomic E-state index is 0.0842. The number of carbonyl (C=O) groups excluding carboxylic acids is 1. The lowest BCUT2D eigenvalue weighted by Crippen LogP contribution is -2.54. The fourth-order valence-electron chi connectivity index (χ4n) is 3.71. The van der Waals surface area contributed by atoms with Gasteiger partial charge in [0, 0.05) is 63.3 Å². The monoisotopic (exact) mass is 342 g/mol. The molecular formula is C18H22N4OS. The van der Waals surface area contributed by atoms with Crippen LogP contribution in [0.15, 0.2) is 35.2 Å². The zero-order chi connectivity index (χ0) is 16.7. The molecule has 0 radical (unpaired) electrons. The van der Waals surface area contributed by atoms with Crippen LogP contribution < -0.4 is 4.90 Å². The van der Waals surface area contributed by atoms with E-state index in [0.717, 1.165) is 26.2 Å². The SMILES string of the molecule is CN(C)c1ccc(CN2CC3CN(C(=O)c4cscn4)CC32)cc1. The van der Waals surface area contributed by atoms with E-state index in [4.69, 9.17) is 0 Å². The van der Waals surface area contributed by atoms with Crippen LogP contribution in [0.5, 0.6) is 0 Å². The van der Waals surface area contributed by atoms with Gasteiger partial charge in [0.25, 0.3) is 5.91 Å². The Balaban J connectivity index is 1.36. The molecule has 24 heavy (non-hydrogen) atoms. The molecule has 6 heteroatoms. The number of thiazole rings is 1. The maximum absolute atomic E-state index is 12.4. The van der Waals surface area contributed by atoms with E-state index >= 15 is 0 Å². The first kappa shape index (κ1) is 15.6. The summed E-state index contributed by atoms with van der Waals surface area (Å²) in [6.07, 6.45) is 0. The van der Waals surface area contributed by atoms with Crippen molar-refractivity contribution in [2.75, 3.05) is 38.6 Å². The molecule has 0 aliphatic carbocycles. The fourth-order valence-corrected chi connectivity index (χ4v) is 4.23. The molecule has 1 amide bonds. The van der Waals surface area contributed by atoms with Crippen LogP contribution in [0.25, 0.3) is 0 Å². The van der Waals surface area contributed by atoms with E-state index in [1.54, 1.807) is 5.51 Å². The van der Waals surface area contributed by atoms with Gasteiger partial charge in [-0.2, -0.15) is 0 Å². The molecule has 2 aromatic rings. The number of rotatable bonds is 4. The summed E-state index contributed by atoms with van der Waals surface area (Å²) in [4.78, 5) is 23.2. The number of amides is 1. The number of fused-ring (bicyclic) bond motifs is 1. The minimum absolute atomic E-state index is 0.0842. The van der Waals surface area contributed by atoms with Gasteiger partial charge in [0.2, 0.25) is 0 Å². The number of aromatic nitrogens is 1. The maximum atomic E-state index is 12.4. The normalized spacial score (nSPS) is 23.0. The molecule has 0 N–H and O–H groups in total. The van der Waals surface area contributed by atoms with Gasteiger partial charge in [0.05, 0.1) is 5.51 Å². The third-order valence-corrected chi connectivity index (χ3v) is 5.71. The van der Waals surface area contributed by atoms with Crippen molar-refractivity contribution in [1.29, 1.82) is 0 Å². The van der Waals surface area contributed by atoms with Crippen molar-refractivity contribution in [3.8, 4) is 0 Å². The summed E-state index contributed by atoms with van der Waals surface area (Å²) in [6, 6.07) is 9.24. The van der Waals surface area contributed by atoms with Crippen molar-refractivity contribution in [2.24, 2.45) is 5.92 Å². The van der Waals surface area contributed by atoms with Crippen molar-refractivity contribution < 1.29 is 4.79 Å². The first-order valence-electron chi connectivity index (χ1n) is 8.29. The van der Waals surface area contributed by atoms with Crippen LogP contribution in [-0.2, 0) is 6.54 Å². The Morgan fingerprint density at radius 2 is 2.04 bits per heavy atom. The van der Waals surface area contributed by atoms with Gasteiger partial charge in [-0.05, 0) is 17.7 Å². The Morgan fingerprint density at radius 1 is 1.25 bits per heavy atom. The number of hydrogen-bond acceptors (Lipinski definition) is 5. The second kappa shape index (κ2) is 6.18. The van der Waals surface area contributed by atoms with Crippen LogP contribution >= 0.6 is 11.3 Å². The van der Waals surface area contributed by atoms with Crippen LogP contribution in [0.3, 0.4) is 0 Å². The van der Waals surface area contributed by atoms with Crippen molar-refractivity contribution in [3.05, 3.63) is 46.4 Å². The van der Waals surface area contributed by atoms with Gasteiger partial charge in [-0.1, -0.05) is 12.1 Å². The lowest BCUT2D eigenvalue weighted by molar-refractivity contribution is 0.0433. The van der Waals surface area contributed by atoms with Crippen LogP contribution in [0.1, 0.15) is 16.1 Å². The Kier molecular flexibility index (Phi) is 4.02. The first-order chi connectivity index (χ1) is 11.6. The zero-order valence-electron chi connectivity index (χ0n) is 14.1. The van der Waals surface area contributed by atoms with E-state index in [9.17, 15) is 4.79 Å². The van der Waals surface area contributed by atoms with E-state index in [-0.39, 0.29) is 5.91 Å². The maximum Gasteiger partial charge on any atom is 0.273 e. The van der Waals surface area contributed by atoms with E-state index in [2.05, 4.69) is 53.1 Å². The third kappa shape index (κ3) is 2.80. The number of benzene rings is 1. The van der Waals surface area contributed by atoms with Crippen LogP contribution in [0.2, 0.25) is 0 Å². The van der Waals surface area contributed by atoms with Crippen molar-refractivity contribution in [3.63, 3.8) is 0 Å². The molecule has 2 atom stereocenters. The van der Waals surface area contributed by atoms with Gasteiger partial charge >= 0.3 is 0 Å². The number of nitrogens with zero attached hydrogens (tertiary/aromatic N) is 4. The van der Waals surface area contributed by atoms with Gasteiger partial charge in [-0.25, -0.2) is 4.98 Å². The molecule has 2 fully saturated rings. The summed E-state index contributed by atoms with van der Waals surface area (Å²) in [7, 11) is 4.11. The van der Waals surface area contributed by atoms with Gasteiger partial charge in [0.1, 0.15) is 5.69 Å². The highest BCUT2D eigenvalue weighted by Gasteiger charge is 2.46. The third-order valence-electron chi connectivity index (χ3n) is 5.12. The standard InChI is InChI=1S/C18H22N4OS/c1-20(2)15-5-3-13(4-6-15)7-21-8-14-9-22(10-17(14)21)18(23)16-11-24-12-19-16/h3-6,11-12,14,17H,7-10H2,1-2H3. The number of carbonyl (C=O) groups is 1. The molecular weight excluding hydrogens is 320 g/mol. The molecule has 2 saturated heterocycles. The van der Waals surface area contributed by atoms with Gasteiger partial charge in [-0.15, -0.1) is 11.3 Å². The second-order valence-electron chi connectivity index (χ2n) is 6.90. The van der Waals surface area contributed by atoms with E-state index in [1.165, 1.54) is 22.6 Å². The largest absolute Gasteiger partial charge is 0.378 e. The minimum Gasteiger partial charge on any atom is -0.378 e. The molecule has 0 spiro atoms. The Morgan fingerprint density at radius 3 is 2.71 bits per heavy atom. The second-order valence-corrected chi connectivity index (χ2v) is 7.62. The lowest BCUT2D eigenvalue weighted by atomic mass is 9.91. The molecule has 3 heterocycles. The van der Waals surface area contributed by atoms with E-state index in [0.29, 0.717) is 17.7 Å². The quantitative estimate of drug-likeness (QED) is 0.854. The Hall–Kier alpha value is -1.92. The Bertz CT molecular complexity index is 713. The summed E-state index contributed by atoms with van der Waals surface area (Å²) >= 11 is 1.48. The van der Waals surface area contributed by atoms with E-state index < -0.39 is 0 Å². The number of hydrogen-bond donors (Lipinski definition) is 0. The summed E-state index contributed by atoms with van der Waals surface area (Å²) in [6.45, 7) is 3.75. The van der Waals surface area contributed by atoms with Crippen LogP contribution in [0, 0.1) is 5.92 Å². The first-order valence-corrected chi connectivity index (χ1v) is 9.24. The predicted molar refractivity (Wildman–Crippen MR) is 96.5 cm³/mol. The molecule has 1 aromatic carbocycles. The highest BCUT2D eigenvalue weighted by Crippen LogP contribution is 2.34. The lowest BCUT2D eigenvalue weighted by Gasteiger charge is -2.43. The molecule has 5 nitrogen and oxygen atoms in total.